The highest BCUT2D eigenvalue weighted by Crippen LogP contribution is 2.25. The van der Waals surface area contributed by atoms with Crippen LogP contribution >= 0.6 is 0 Å². The molecule has 0 spiro atoms. The first-order chi connectivity index (χ1) is 7.81. The Morgan fingerprint density at radius 3 is 2.18 bits per heavy atom. The minimum Gasteiger partial charge on any atom is -0.377 e. The summed E-state index contributed by atoms with van der Waals surface area (Å²) in [6.45, 7) is 11.9. The Bertz CT molecular complexity index is 268. The van der Waals surface area contributed by atoms with Crippen LogP contribution in [0.2, 0.25) is 6.55 Å². The van der Waals surface area contributed by atoms with E-state index in [-0.39, 0.29) is 0 Å². The maximum absolute atomic E-state index is 6.00. The van der Waals surface area contributed by atoms with Gasteiger partial charge in [0.2, 0.25) is 0 Å². The molecule has 0 rings (SSSR count). The van der Waals surface area contributed by atoms with Gasteiger partial charge in [-0.1, -0.05) is 17.7 Å². The van der Waals surface area contributed by atoms with Gasteiger partial charge < -0.3 is 13.3 Å². The lowest BCUT2D eigenvalue weighted by Gasteiger charge is -2.34. The standard InChI is InChI=1S/C13H26O3Si/c1-8-13(4,11-9-10-12(2)3)16-17(7,14-5)15-6/h8,10H,1,9,11H2,2-7H3. The van der Waals surface area contributed by atoms with Crippen LogP contribution in [-0.4, -0.2) is 28.6 Å². The van der Waals surface area contributed by atoms with Gasteiger partial charge in [0.15, 0.2) is 0 Å². The minimum atomic E-state index is -2.52. The van der Waals surface area contributed by atoms with Crippen LogP contribution in [0.5, 0.6) is 0 Å². The predicted molar refractivity (Wildman–Crippen MR) is 74.0 cm³/mol. The molecular weight excluding hydrogens is 232 g/mol. The van der Waals surface area contributed by atoms with E-state index in [0.717, 1.165) is 12.8 Å². The summed E-state index contributed by atoms with van der Waals surface area (Å²) < 4.78 is 16.7. The Balaban J connectivity index is 4.56. The molecule has 0 amide bonds. The van der Waals surface area contributed by atoms with Gasteiger partial charge in [-0.25, -0.2) is 0 Å². The lowest BCUT2D eigenvalue weighted by molar-refractivity contribution is 0.0236. The molecule has 0 radical (unpaired) electrons. The maximum Gasteiger partial charge on any atom is 0.497 e. The second kappa shape index (κ2) is 7.11. The number of allylic oxidation sites excluding steroid dienone is 2. The molecular formula is C13H26O3Si. The molecule has 0 aromatic carbocycles. The molecule has 4 heteroatoms. The quantitative estimate of drug-likeness (QED) is 0.492. The van der Waals surface area contributed by atoms with Crippen LogP contribution in [0.1, 0.15) is 33.6 Å². The zero-order valence-electron chi connectivity index (χ0n) is 12.0. The van der Waals surface area contributed by atoms with E-state index < -0.39 is 14.4 Å². The SMILES string of the molecule is C=CC(C)(CCC=C(C)C)O[Si](C)(OC)OC. The molecule has 0 aliphatic carbocycles. The third-order valence-electron chi connectivity index (χ3n) is 2.79. The number of hydrogen-bond acceptors (Lipinski definition) is 3. The van der Waals surface area contributed by atoms with Gasteiger partial charge in [-0.05, 0) is 33.6 Å². The molecule has 0 aromatic rings. The van der Waals surface area contributed by atoms with Gasteiger partial charge in [0.1, 0.15) is 0 Å². The van der Waals surface area contributed by atoms with Crippen LogP contribution in [0.15, 0.2) is 24.3 Å². The monoisotopic (exact) mass is 258 g/mol. The van der Waals surface area contributed by atoms with E-state index in [9.17, 15) is 0 Å². The molecule has 0 bridgehead atoms. The van der Waals surface area contributed by atoms with Gasteiger partial charge in [-0.15, -0.1) is 6.58 Å². The zero-order valence-corrected chi connectivity index (χ0v) is 13.0. The first-order valence-electron chi connectivity index (χ1n) is 5.88. The molecule has 1 unspecified atom stereocenters. The van der Waals surface area contributed by atoms with Crippen LogP contribution in [-0.2, 0) is 13.3 Å². The number of hydrogen-bond donors (Lipinski definition) is 0. The fraction of sp³-hybridized carbons (Fsp3) is 0.692. The van der Waals surface area contributed by atoms with E-state index in [1.807, 2.05) is 19.5 Å². The molecule has 0 aliphatic heterocycles. The third kappa shape index (κ3) is 6.17. The van der Waals surface area contributed by atoms with E-state index >= 15 is 0 Å². The van der Waals surface area contributed by atoms with E-state index in [1.54, 1.807) is 14.2 Å². The van der Waals surface area contributed by atoms with Crippen molar-refractivity contribution in [1.82, 2.24) is 0 Å². The lowest BCUT2D eigenvalue weighted by atomic mass is 10.00. The first-order valence-corrected chi connectivity index (χ1v) is 8.11. The van der Waals surface area contributed by atoms with Crippen molar-refractivity contribution in [2.75, 3.05) is 14.2 Å². The van der Waals surface area contributed by atoms with Crippen LogP contribution in [0.25, 0.3) is 0 Å². The Morgan fingerprint density at radius 2 is 1.82 bits per heavy atom. The van der Waals surface area contributed by atoms with Crippen molar-refractivity contribution in [2.45, 2.75) is 45.8 Å². The van der Waals surface area contributed by atoms with Crippen LogP contribution in [0.3, 0.4) is 0 Å². The molecule has 0 aliphatic rings. The Labute approximate surface area is 107 Å². The highest BCUT2D eigenvalue weighted by atomic mass is 28.4. The minimum absolute atomic E-state index is 0.404. The molecule has 17 heavy (non-hydrogen) atoms. The Hall–Kier alpha value is -0.423. The average Bonchev–Trinajstić information content (AvgIpc) is 2.28. The summed E-state index contributed by atoms with van der Waals surface area (Å²) in [5.41, 5.74) is 0.911. The fourth-order valence-corrected chi connectivity index (χ4v) is 2.80. The van der Waals surface area contributed by atoms with E-state index in [2.05, 4.69) is 26.5 Å². The summed E-state index contributed by atoms with van der Waals surface area (Å²) >= 11 is 0. The van der Waals surface area contributed by atoms with Crippen molar-refractivity contribution in [3.05, 3.63) is 24.3 Å². The van der Waals surface area contributed by atoms with Crippen LogP contribution in [0, 0.1) is 0 Å². The normalized spacial score (nSPS) is 15.2. The van der Waals surface area contributed by atoms with Crippen molar-refractivity contribution < 1.29 is 13.3 Å². The molecule has 0 aromatic heterocycles. The molecule has 0 saturated carbocycles. The second-order valence-electron chi connectivity index (χ2n) is 4.71. The topological polar surface area (TPSA) is 27.7 Å². The Morgan fingerprint density at radius 1 is 1.29 bits per heavy atom. The summed E-state index contributed by atoms with van der Waals surface area (Å²) in [7, 11) is 0.718. The molecule has 0 N–H and O–H groups in total. The van der Waals surface area contributed by atoms with Crippen molar-refractivity contribution in [3.63, 3.8) is 0 Å². The van der Waals surface area contributed by atoms with Gasteiger partial charge >= 0.3 is 8.80 Å². The second-order valence-corrected chi connectivity index (χ2v) is 7.45. The van der Waals surface area contributed by atoms with Crippen molar-refractivity contribution >= 4 is 8.80 Å². The van der Waals surface area contributed by atoms with Crippen LogP contribution < -0.4 is 0 Å². The predicted octanol–water partition coefficient (Wildman–Crippen LogP) is 3.56. The largest absolute Gasteiger partial charge is 0.497 e. The molecule has 0 saturated heterocycles. The highest BCUT2D eigenvalue weighted by Gasteiger charge is 2.39. The van der Waals surface area contributed by atoms with Crippen LogP contribution in [0.4, 0.5) is 0 Å². The van der Waals surface area contributed by atoms with Crippen molar-refractivity contribution in [1.29, 1.82) is 0 Å². The van der Waals surface area contributed by atoms with E-state index in [0.29, 0.717) is 0 Å². The first kappa shape index (κ1) is 16.6. The summed E-state index contributed by atoms with van der Waals surface area (Å²) in [5.74, 6) is 0. The molecule has 1 atom stereocenters. The smallest absolute Gasteiger partial charge is 0.377 e. The fourth-order valence-electron chi connectivity index (χ4n) is 1.43. The molecule has 0 heterocycles. The molecule has 100 valence electrons. The summed E-state index contributed by atoms with van der Waals surface area (Å²) in [6, 6.07) is 0. The molecule has 0 fully saturated rings. The van der Waals surface area contributed by atoms with Crippen molar-refractivity contribution in [3.8, 4) is 0 Å². The van der Waals surface area contributed by atoms with Gasteiger partial charge in [0.05, 0.1) is 5.60 Å². The average molecular weight is 258 g/mol. The van der Waals surface area contributed by atoms with Gasteiger partial charge in [0, 0.05) is 20.8 Å². The van der Waals surface area contributed by atoms with Gasteiger partial charge in [0.25, 0.3) is 0 Å². The summed E-state index contributed by atoms with van der Waals surface area (Å²) in [6.07, 6.45) is 5.86. The lowest BCUT2D eigenvalue weighted by Crippen LogP contribution is -2.47. The third-order valence-corrected chi connectivity index (χ3v) is 5.11. The summed E-state index contributed by atoms with van der Waals surface area (Å²) in [5, 5.41) is 0. The molecule has 3 nitrogen and oxygen atoms in total. The number of rotatable bonds is 8. The van der Waals surface area contributed by atoms with Crippen molar-refractivity contribution in [2.24, 2.45) is 0 Å². The zero-order chi connectivity index (χ0) is 13.5. The summed E-state index contributed by atoms with van der Waals surface area (Å²) in [4.78, 5) is 0. The van der Waals surface area contributed by atoms with Gasteiger partial charge in [-0.2, -0.15) is 0 Å². The maximum atomic E-state index is 6.00. The van der Waals surface area contributed by atoms with E-state index in [1.165, 1.54) is 5.57 Å². The van der Waals surface area contributed by atoms with E-state index in [4.69, 9.17) is 13.3 Å². The highest BCUT2D eigenvalue weighted by molar-refractivity contribution is 6.59. The van der Waals surface area contributed by atoms with Gasteiger partial charge in [-0.3, -0.25) is 0 Å². The Kier molecular flexibility index (Phi) is 6.93.